The summed E-state index contributed by atoms with van der Waals surface area (Å²) in [6.45, 7) is 8.51. The minimum atomic E-state index is -0.00610. The molecule has 1 heterocycles. The fourth-order valence-corrected chi connectivity index (χ4v) is 2.96. The maximum Gasteiger partial charge on any atom is 0.161 e. The lowest BCUT2D eigenvalue weighted by Crippen LogP contribution is -2.08. The first-order chi connectivity index (χ1) is 12.1. The van der Waals surface area contributed by atoms with Crippen LogP contribution in [0.25, 0.3) is 16.5 Å². The molecule has 0 bridgehead atoms. The van der Waals surface area contributed by atoms with Gasteiger partial charge in [0.05, 0.1) is 24.2 Å². The lowest BCUT2D eigenvalue weighted by Gasteiger charge is -2.19. The fraction of sp³-hybridized carbons (Fsp3) is 0.238. The van der Waals surface area contributed by atoms with Crippen molar-refractivity contribution in [2.75, 3.05) is 6.61 Å². The van der Waals surface area contributed by atoms with Gasteiger partial charge in [-0.3, -0.25) is 4.79 Å². The van der Waals surface area contributed by atoms with E-state index < -0.39 is 0 Å². The van der Waals surface area contributed by atoms with Crippen molar-refractivity contribution in [3.8, 4) is 5.75 Å². The van der Waals surface area contributed by atoms with E-state index in [2.05, 4.69) is 18.5 Å². The number of ketones is 1. The van der Waals surface area contributed by atoms with Gasteiger partial charge in [0.25, 0.3) is 0 Å². The van der Waals surface area contributed by atoms with Crippen molar-refractivity contribution >= 4 is 22.3 Å². The first kappa shape index (κ1) is 17.0. The van der Waals surface area contributed by atoms with E-state index in [9.17, 15) is 4.79 Å². The number of aromatic nitrogens is 2. The van der Waals surface area contributed by atoms with Crippen LogP contribution < -0.4 is 4.74 Å². The third kappa shape index (κ3) is 3.33. The molecule has 2 aromatic carbocycles. The highest BCUT2D eigenvalue weighted by atomic mass is 16.5. The van der Waals surface area contributed by atoms with Crippen molar-refractivity contribution in [1.29, 1.82) is 0 Å². The van der Waals surface area contributed by atoms with Gasteiger partial charge >= 0.3 is 0 Å². The van der Waals surface area contributed by atoms with Gasteiger partial charge in [-0.25, -0.2) is 4.98 Å². The van der Waals surface area contributed by atoms with E-state index >= 15 is 0 Å². The molecule has 0 N–H and O–H groups in total. The molecule has 0 saturated heterocycles. The molecular weight excluding hydrogens is 312 g/mol. The Morgan fingerprint density at radius 1 is 1.28 bits per heavy atom. The summed E-state index contributed by atoms with van der Waals surface area (Å²) < 4.78 is 7.86. The number of carbonyl (C=O) groups excluding carboxylic acids is 1. The Labute approximate surface area is 147 Å². The Morgan fingerprint density at radius 2 is 2.08 bits per heavy atom. The Bertz CT molecular complexity index is 911. The molecule has 0 atom stereocenters. The van der Waals surface area contributed by atoms with Crippen LogP contribution >= 0.6 is 0 Å². The van der Waals surface area contributed by atoms with E-state index in [1.165, 1.54) is 0 Å². The van der Waals surface area contributed by atoms with E-state index in [0.717, 1.165) is 29.2 Å². The lowest BCUT2D eigenvalue weighted by atomic mass is 9.93. The van der Waals surface area contributed by atoms with Gasteiger partial charge in [-0.15, -0.1) is 0 Å². The average Bonchev–Trinajstić information content (AvgIpc) is 3.14. The number of unbranched alkanes of at least 4 members (excludes halogenated alkanes) is 1. The molecule has 0 unspecified atom stereocenters. The summed E-state index contributed by atoms with van der Waals surface area (Å²) in [7, 11) is 0. The third-order valence-electron chi connectivity index (χ3n) is 4.23. The van der Waals surface area contributed by atoms with Crippen LogP contribution in [-0.4, -0.2) is 21.9 Å². The molecule has 0 fully saturated rings. The topological polar surface area (TPSA) is 44.1 Å². The summed E-state index contributed by atoms with van der Waals surface area (Å²) in [5, 5.41) is 1.90. The molecule has 4 heteroatoms. The number of benzene rings is 2. The van der Waals surface area contributed by atoms with Gasteiger partial charge < -0.3 is 9.30 Å². The predicted molar refractivity (Wildman–Crippen MR) is 101 cm³/mol. The number of imidazole rings is 1. The standard InChI is InChI=1S/C21H22N2O2/c1-4-5-12-25-19-13-17-8-6-7-9-18(17)21(16(3)24)20(19)15(2)23-11-10-22-14-23/h6-11,13-14H,2,4-5,12H2,1,3H3. The van der Waals surface area contributed by atoms with Crippen LogP contribution in [0.15, 0.2) is 55.6 Å². The molecule has 0 aliphatic carbocycles. The van der Waals surface area contributed by atoms with E-state index in [-0.39, 0.29) is 5.78 Å². The smallest absolute Gasteiger partial charge is 0.161 e. The second-order valence-corrected chi connectivity index (χ2v) is 6.02. The molecule has 0 radical (unpaired) electrons. The van der Waals surface area contributed by atoms with Gasteiger partial charge in [-0.05, 0) is 30.2 Å². The van der Waals surface area contributed by atoms with E-state index in [0.29, 0.717) is 23.6 Å². The quantitative estimate of drug-likeness (QED) is 0.454. The zero-order chi connectivity index (χ0) is 17.8. The Kier molecular flexibility index (Phi) is 4.98. The van der Waals surface area contributed by atoms with Crippen LogP contribution in [0, 0.1) is 0 Å². The molecule has 4 nitrogen and oxygen atoms in total. The lowest BCUT2D eigenvalue weighted by molar-refractivity contribution is 0.101. The van der Waals surface area contributed by atoms with E-state index in [1.54, 1.807) is 19.4 Å². The van der Waals surface area contributed by atoms with Crippen LogP contribution in [0.4, 0.5) is 0 Å². The number of Topliss-reactive ketones (excluding diaryl/α,β-unsaturated/α-hetero) is 1. The molecule has 0 aliphatic rings. The third-order valence-corrected chi connectivity index (χ3v) is 4.23. The highest BCUT2D eigenvalue weighted by molar-refractivity contribution is 6.12. The molecule has 25 heavy (non-hydrogen) atoms. The first-order valence-electron chi connectivity index (χ1n) is 8.50. The van der Waals surface area contributed by atoms with E-state index in [1.807, 2.05) is 41.1 Å². The van der Waals surface area contributed by atoms with E-state index in [4.69, 9.17) is 4.74 Å². The molecule has 0 spiro atoms. The molecule has 1 aromatic heterocycles. The van der Waals surface area contributed by atoms with Crippen LogP contribution in [-0.2, 0) is 0 Å². The highest BCUT2D eigenvalue weighted by Crippen LogP contribution is 2.36. The maximum absolute atomic E-state index is 12.5. The number of ether oxygens (including phenoxy) is 1. The van der Waals surface area contributed by atoms with Gasteiger partial charge in [-0.2, -0.15) is 0 Å². The van der Waals surface area contributed by atoms with Crippen molar-refractivity contribution < 1.29 is 9.53 Å². The monoisotopic (exact) mass is 334 g/mol. The van der Waals surface area contributed by atoms with Crippen molar-refractivity contribution in [2.45, 2.75) is 26.7 Å². The van der Waals surface area contributed by atoms with Gasteiger partial charge in [0.1, 0.15) is 5.75 Å². The van der Waals surface area contributed by atoms with Gasteiger partial charge in [0, 0.05) is 18.0 Å². The minimum Gasteiger partial charge on any atom is -0.493 e. The Hall–Kier alpha value is -2.88. The maximum atomic E-state index is 12.5. The second-order valence-electron chi connectivity index (χ2n) is 6.02. The van der Waals surface area contributed by atoms with Crippen molar-refractivity contribution in [1.82, 2.24) is 9.55 Å². The summed E-state index contributed by atoms with van der Waals surface area (Å²) in [5.74, 6) is 0.685. The number of hydrogen-bond acceptors (Lipinski definition) is 3. The number of rotatable bonds is 7. The SMILES string of the molecule is C=C(c1c(OCCCC)cc2ccccc2c1C(C)=O)n1ccnc1. The Morgan fingerprint density at radius 3 is 2.76 bits per heavy atom. The molecule has 3 rings (SSSR count). The summed E-state index contributed by atoms with van der Waals surface area (Å²) in [4.78, 5) is 16.6. The Balaban J connectivity index is 2.25. The van der Waals surface area contributed by atoms with Crippen molar-refractivity contribution in [2.24, 2.45) is 0 Å². The molecule has 0 amide bonds. The zero-order valence-corrected chi connectivity index (χ0v) is 14.7. The predicted octanol–water partition coefficient (Wildman–Crippen LogP) is 4.94. The minimum absolute atomic E-state index is 0.00610. The molecular formula is C21H22N2O2. The molecule has 3 aromatic rings. The van der Waals surface area contributed by atoms with Crippen molar-refractivity contribution in [3.05, 3.63) is 66.8 Å². The molecule has 0 saturated carbocycles. The number of carbonyl (C=O) groups is 1. The zero-order valence-electron chi connectivity index (χ0n) is 14.7. The van der Waals surface area contributed by atoms with Gasteiger partial charge in [-0.1, -0.05) is 44.2 Å². The number of fused-ring (bicyclic) bond motifs is 1. The normalized spacial score (nSPS) is 10.8. The van der Waals surface area contributed by atoms with Gasteiger partial charge in [0.15, 0.2) is 5.78 Å². The van der Waals surface area contributed by atoms with Crippen LogP contribution in [0.3, 0.4) is 0 Å². The summed E-state index contributed by atoms with van der Waals surface area (Å²) in [5.41, 5.74) is 2.06. The van der Waals surface area contributed by atoms with Gasteiger partial charge in [0.2, 0.25) is 0 Å². The summed E-state index contributed by atoms with van der Waals surface area (Å²) in [6, 6.07) is 9.86. The average molecular weight is 334 g/mol. The largest absolute Gasteiger partial charge is 0.493 e. The first-order valence-corrected chi connectivity index (χ1v) is 8.50. The molecule has 0 aliphatic heterocycles. The summed E-state index contributed by atoms with van der Waals surface area (Å²) >= 11 is 0. The number of hydrogen-bond donors (Lipinski definition) is 0. The van der Waals surface area contributed by atoms with Crippen molar-refractivity contribution in [3.63, 3.8) is 0 Å². The summed E-state index contributed by atoms with van der Waals surface area (Å²) in [6.07, 6.45) is 7.19. The fourth-order valence-electron chi connectivity index (χ4n) is 2.96. The highest BCUT2D eigenvalue weighted by Gasteiger charge is 2.21. The number of nitrogens with zero attached hydrogens (tertiary/aromatic N) is 2. The van der Waals surface area contributed by atoms with Crippen LogP contribution in [0.2, 0.25) is 0 Å². The van der Waals surface area contributed by atoms with Crippen LogP contribution in [0.5, 0.6) is 5.75 Å². The molecule has 128 valence electrons. The van der Waals surface area contributed by atoms with Crippen LogP contribution in [0.1, 0.15) is 42.6 Å². The second kappa shape index (κ2) is 7.34.